The van der Waals surface area contributed by atoms with E-state index in [2.05, 4.69) is 59.9 Å². The summed E-state index contributed by atoms with van der Waals surface area (Å²) in [4.78, 5) is 0. The molecule has 0 N–H and O–H groups in total. The van der Waals surface area contributed by atoms with Crippen molar-refractivity contribution < 1.29 is 101 Å². The van der Waals surface area contributed by atoms with Gasteiger partial charge >= 0.3 is 102 Å². The van der Waals surface area contributed by atoms with Crippen LogP contribution in [0, 0.1) is 59.9 Å². The van der Waals surface area contributed by atoms with Crippen LogP contribution in [-0.4, -0.2) is 34.1 Å². The summed E-state index contributed by atoms with van der Waals surface area (Å²) >= 11 is 0. The first kappa shape index (κ1) is 131. The zero-order valence-corrected chi connectivity index (χ0v) is 21.1. The molecule has 0 aromatic heterocycles. The average Bonchev–Trinajstić information content (AvgIpc) is 2.63. The fraction of sp³-hybridized carbons (Fsp3) is 0. The largest absolute Gasteiger partial charge is 0 e. The van der Waals surface area contributed by atoms with Gasteiger partial charge in [-0.05, 0) is 0 Å². The second kappa shape index (κ2) is 28600. The van der Waals surface area contributed by atoms with Crippen molar-refractivity contribution in [2.45, 2.75) is 0 Å². The molecule has 0 amide bonds. The Hall–Kier alpha value is 0.608. The van der Waals surface area contributed by atoms with E-state index in [1.54, 1.807) is 0 Å². The molecular formula is C9O9Os3Se2. The molecule has 0 aliphatic heterocycles. The third-order valence-corrected chi connectivity index (χ3v) is 0. The van der Waals surface area contributed by atoms with Crippen LogP contribution in [0.1, 0.15) is 0 Å². The average molecular weight is 981 g/mol. The molecule has 0 heterocycles. The van der Waals surface area contributed by atoms with Gasteiger partial charge in [0.15, 0.2) is 0 Å². The second-order valence-corrected chi connectivity index (χ2v) is 0. The van der Waals surface area contributed by atoms with Crippen molar-refractivity contribution >= 4 is 34.1 Å². The second-order valence-electron chi connectivity index (χ2n) is 0. The van der Waals surface area contributed by atoms with E-state index in [4.69, 9.17) is 41.9 Å². The molecule has 0 aromatic carbocycles. The summed E-state index contributed by atoms with van der Waals surface area (Å²) in [5.74, 6) is 0. The Balaban J connectivity index is -0.00000000321. The van der Waals surface area contributed by atoms with E-state index >= 15 is 0 Å². The zero-order chi connectivity index (χ0) is 18.0. The van der Waals surface area contributed by atoms with E-state index in [1.165, 1.54) is 0 Å². The van der Waals surface area contributed by atoms with Gasteiger partial charge in [0.05, 0.1) is 0 Å². The quantitative estimate of drug-likeness (QED) is 0.163. The van der Waals surface area contributed by atoms with Crippen molar-refractivity contribution in [3.05, 3.63) is 59.9 Å². The Labute approximate surface area is 193 Å². The summed E-state index contributed by atoms with van der Waals surface area (Å²) in [6.45, 7) is 40.5. The smallest absolute Gasteiger partial charge is 0 e. The number of rotatable bonds is 0. The summed E-state index contributed by atoms with van der Waals surface area (Å²) in [6.07, 6.45) is 0. The molecule has 0 aliphatic carbocycles. The minimum Gasteiger partial charge on any atom is 0 e. The Morgan fingerprint density at radius 2 is 0.217 bits per heavy atom. The third-order valence-electron chi connectivity index (χ3n) is 0. The van der Waals surface area contributed by atoms with E-state index in [0.717, 1.165) is 0 Å². The summed E-state index contributed by atoms with van der Waals surface area (Å²) in [5, 5.41) is 0. The first-order chi connectivity index (χ1) is 9.00. The predicted octanol–water partition coefficient (Wildman–Crippen LogP) is -1.11. The van der Waals surface area contributed by atoms with Gasteiger partial charge in [-0.3, -0.25) is 0 Å². The fourth-order valence-electron chi connectivity index (χ4n) is 0. The Morgan fingerprint density at radius 1 is 0.217 bits per heavy atom. The minimum atomic E-state index is 0. The standard InChI is InChI=1S/9CO.3Os.2Se/c9*1-2;;;;;. The Bertz CT molecular complexity index is 169. The van der Waals surface area contributed by atoms with Gasteiger partial charge in [-0.15, -0.1) is 0 Å². The molecular weight excluding hydrogens is 981 g/mol. The molecule has 0 aromatic rings. The molecule has 0 rings (SSSR count). The van der Waals surface area contributed by atoms with Crippen LogP contribution < -0.4 is 0 Å². The third kappa shape index (κ3) is 26000. The molecule has 126 valence electrons. The van der Waals surface area contributed by atoms with Gasteiger partial charge in [-0.2, -0.15) is 0 Å². The molecule has 9 nitrogen and oxygen atoms in total. The van der Waals surface area contributed by atoms with Gasteiger partial charge < -0.3 is 0 Å². The van der Waals surface area contributed by atoms with Crippen LogP contribution in [-0.2, 0) is 101 Å². The van der Waals surface area contributed by atoms with Crippen LogP contribution in [0.5, 0.6) is 0 Å². The monoisotopic (exact) mass is 988 g/mol. The normalized spacial score (nSPS) is 0.783. The molecule has 0 unspecified atom stereocenters. The zero-order valence-electron chi connectivity index (χ0n) is 10.1. The van der Waals surface area contributed by atoms with Crippen molar-refractivity contribution in [1.29, 1.82) is 0 Å². The summed E-state index contributed by atoms with van der Waals surface area (Å²) in [6, 6.07) is 0. The van der Waals surface area contributed by atoms with Crippen LogP contribution in [0.3, 0.4) is 0 Å². The van der Waals surface area contributed by atoms with Crippen molar-refractivity contribution in [2.24, 2.45) is 0 Å². The van der Waals surface area contributed by atoms with Gasteiger partial charge in [0.2, 0.25) is 0 Å². The first-order valence-electron chi connectivity index (χ1n) is 1.84. The number of hydrogen-bond donors (Lipinski definition) is 0. The first-order valence-corrected chi connectivity index (χ1v) is 1.84. The van der Waals surface area contributed by atoms with Crippen molar-refractivity contribution in [3.8, 4) is 0 Å². The Morgan fingerprint density at radius 3 is 0.217 bits per heavy atom. The van der Waals surface area contributed by atoms with E-state index < -0.39 is 0 Å². The van der Waals surface area contributed by atoms with Crippen molar-refractivity contribution in [1.82, 2.24) is 0 Å². The van der Waals surface area contributed by atoms with E-state index in [9.17, 15) is 0 Å². The maximum atomic E-state index is 7.50. The van der Waals surface area contributed by atoms with Crippen LogP contribution >= 0.6 is 0 Å². The minimum absolute atomic E-state index is 0. The fourth-order valence-corrected chi connectivity index (χ4v) is 0. The molecule has 23 heavy (non-hydrogen) atoms. The molecule has 14 heteroatoms. The molecule has 0 fully saturated rings. The summed E-state index contributed by atoms with van der Waals surface area (Å²) < 4.78 is 67.5. The van der Waals surface area contributed by atoms with Crippen LogP contribution in [0.4, 0.5) is 0 Å². The van der Waals surface area contributed by atoms with Gasteiger partial charge in [-0.25, -0.2) is 0 Å². The number of hydrogen-bond acceptors (Lipinski definition) is 0. The molecule has 0 atom stereocenters. The topological polar surface area (TPSA) is 179 Å². The SMILES string of the molecule is [C-]#[O+].[C-]#[O+].[C-]#[O+].[C-]#[O+].[C-]#[O+].[C-]#[O+].[C-]#[O+].[C-]#[O+].[C-]#[O+].[Os].[Os].[Os].[Se].[Se]. The van der Waals surface area contributed by atoms with Gasteiger partial charge in [0.25, 0.3) is 0 Å². The molecule has 0 bridgehead atoms. The van der Waals surface area contributed by atoms with E-state index in [0.29, 0.717) is 0 Å². The molecule has 0 saturated heterocycles. The van der Waals surface area contributed by atoms with Gasteiger partial charge in [0.1, 0.15) is 0 Å². The Kier molecular flexibility index (Phi) is 162000. The van der Waals surface area contributed by atoms with Gasteiger partial charge in [-0.1, -0.05) is 0 Å². The molecule has 4 radical (unpaired) electrons. The molecule has 0 aliphatic rings. The van der Waals surface area contributed by atoms with Crippen LogP contribution in [0.2, 0.25) is 0 Å². The summed E-state index contributed by atoms with van der Waals surface area (Å²) in [5.41, 5.74) is 0. The summed E-state index contributed by atoms with van der Waals surface area (Å²) in [7, 11) is 0. The van der Waals surface area contributed by atoms with Crippen LogP contribution in [0.25, 0.3) is 0 Å². The molecule has 0 spiro atoms. The van der Waals surface area contributed by atoms with Crippen LogP contribution in [0.15, 0.2) is 0 Å². The van der Waals surface area contributed by atoms with Gasteiger partial charge in [0, 0.05) is 93.5 Å². The van der Waals surface area contributed by atoms with E-state index in [1.807, 2.05) is 0 Å². The maximum Gasteiger partial charge on any atom is 0 e. The molecule has 0 saturated carbocycles. The van der Waals surface area contributed by atoms with Crippen molar-refractivity contribution in [3.63, 3.8) is 0 Å². The van der Waals surface area contributed by atoms with E-state index in [-0.39, 0.29) is 93.5 Å². The maximum absolute atomic E-state index is 7.50. The van der Waals surface area contributed by atoms with Crippen molar-refractivity contribution in [2.75, 3.05) is 0 Å². The predicted molar refractivity (Wildman–Crippen MR) is 46.9 cm³/mol.